The van der Waals surface area contributed by atoms with Crippen LogP contribution in [0.1, 0.15) is 36.0 Å². The Hall–Kier alpha value is -2.81. The minimum absolute atomic E-state index is 0.0176. The third-order valence-electron chi connectivity index (χ3n) is 4.89. The summed E-state index contributed by atoms with van der Waals surface area (Å²) in [5.41, 5.74) is 0.0411. The summed E-state index contributed by atoms with van der Waals surface area (Å²) < 4.78 is 24.2. The summed E-state index contributed by atoms with van der Waals surface area (Å²) in [5, 5.41) is 5.70. The summed E-state index contributed by atoms with van der Waals surface area (Å²) in [4.78, 5) is 29.1. The largest absolute Gasteiger partial charge is 0.453 e. The third kappa shape index (κ3) is 5.85. The molecule has 2 N–H and O–H groups in total. The number of halogens is 1. The van der Waals surface area contributed by atoms with Crippen molar-refractivity contribution in [3.8, 4) is 11.6 Å². The highest BCUT2D eigenvalue weighted by Crippen LogP contribution is 2.27. The van der Waals surface area contributed by atoms with Gasteiger partial charge >= 0.3 is 6.09 Å². The van der Waals surface area contributed by atoms with E-state index in [-0.39, 0.29) is 23.5 Å². The molecule has 0 atom stereocenters. The minimum Gasteiger partial charge on any atom is -0.453 e. The fourth-order valence-corrected chi connectivity index (χ4v) is 3.77. The van der Waals surface area contributed by atoms with Gasteiger partial charge in [-0.1, -0.05) is 6.07 Å². The Balaban J connectivity index is 1.66. The first-order valence-electron chi connectivity index (χ1n) is 9.61. The number of rotatable bonds is 6. The van der Waals surface area contributed by atoms with Gasteiger partial charge in [0.05, 0.1) is 13.3 Å². The Bertz CT molecular complexity index is 904. The highest BCUT2D eigenvalue weighted by Gasteiger charge is 2.25. The van der Waals surface area contributed by atoms with Crippen molar-refractivity contribution in [2.75, 3.05) is 13.4 Å². The van der Waals surface area contributed by atoms with Gasteiger partial charge in [-0.25, -0.2) is 14.2 Å². The van der Waals surface area contributed by atoms with Crippen molar-refractivity contribution in [2.24, 2.45) is 0 Å². The van der Waals surface area contributed by atoms with Gasteiger partial charge in [0.2, 0.25) is 5.88 Å². The fraction of sp³-hybridized carbons (Fsp3) is 0.381. The number of aromatic nitrogens is 1. The summed E-state index contributed by atoms with van der Waals surface area (Å²) in [6.45, 7) is 0. The van der Waals surface area contributed by atoms with E-state index in [1.165, 1.54) is 7.11 Å². The lowest BCUT2D eigenvalue weighted by Gasteiger charge is -2.29. The van der Waals surface area contributed by atoms with Crippen LogP contribution in [0.3, 0.4) is 0 Å². The van der Waals surface area contributed by atoms with Crippen molar-refractivity contribution < 1.29 is 23.5 Å². The van der Waals surface area contributed by atoms with E-state index in [4.69, 9.17) is 4.74 Å². The van der Waals surface area contributed by atoms with Crippen LogP contribution in [-0.4, -0.2) is 42.4 Å². The van der Waals surface area contributed by atoms with E-state index < -0.39 is 17.8 Å². The van der Waals surface area contributed by atoms with Gasteiger partial charge in [-0.15, -0.1) is 11.8 Å². The van der Waals surface area contributed by atoms with Gasteiger partial charge in [0, 0.05) is 17.0 Å². The molecule has 160 valence electrons. The predicted molar refractivity (Wildman–Crippen MR) is 112 cm³/mol. The average Bonchev–Trinajstić information content (AvgIpc) is 2.76. The van der Waals surface area contributed by atoms with Crippen LogP contribution < -0.4 is 15.4 Å². The van der Waals surface area contributed by atoms with Gasteiger partial charge in [0.1, 0.15) is 17.1 Å². The molecule has 0 bridgehead atoms. The van der Waals surface area contributed by atoms with Crippen molar-refractivity contribution in [2.45, 2.75) is 42.7 Å². The quantitative estimate of drug-likeness (QED) is 0.666. The molecule has 1 aliphatic rings. The summed E-state index contributed by atoms with van der Waals surface area (Å²) in [6, 6.07) is 8.42. The summed E-state index contributed by atoms with van der Waals surface area (Å²) in [5.74, 6) is -0.489. The van der Waals surface area contributed by atoms with Crippen LogP contribution in [0, 0.1) is 5.82 Å². The molecule has 1 aromatic carbocycles. The number of ether oxygens (including phenoxy) is 2. The molecule has 9 heteroatoms. The number of thioether (sulfide) groups is 1. The van der Waals surface area contributed by atoms with Gasteiger partial charge in [0.25, 0.3) is 5.91 Å². The van der Waals surface area contributed by atoms with Crippen LogP contribution in [-0.2, 0) is 4.74 Å². The fourth-order valence-electron chi connectivity index (χ4n) is 3.32. The topological polar surface area (TPSA) is 89.6 Å². The second kappa shape index (κ2) is 10.3. The standard InChI is InChI=1S/C21H24FN3O4S/c1-28-21(27)25-15-8-6-14(7-9-15)24-19(26)18-10-13(22)12-23-20(18)29-16-4-3-5-17(11-16)30-2/h3-5,10-12,14-15H,6-9H2,1-2H3,(H,24,26)(H,25,27). The number of benzene rings is 1. The molecule has 1 saturated carbocycles. The summed E-state index contributed by atoms with van der Waals surface area (Å²) >= 11 is 1.56. The molecule has 2 amide bonds. The van der Waals surface area contributed by atoms with E-state index in [0.717, 1.165) is 17.2 Å². The van der Waals surface area contributed by atoms with E-state index >= 15 is 0 Å². The van der Waals surface area contributed by atoms with E-state index in [1.807, 2.05) is 24.5 Å². The van der Waals surface area contributed by atoms with Gasteiger partial charge in [-0.3, -0.25) is 4.79 Å². The molecule has 1 aliphatic carbocycles. The van der Waals surface area contributed by atoms with Crippen LogP contribution in [0.15, 0.2) is 41.4 Å². The van der Waals surface area contributed by atoms with Crippen LogP contribution >= 0.6 is 11.8 Å². The number of hydrogen-bond acceptors (Lipinski definition) is 6. The third-order valence-corrected chi connectivity index (χ3v) is 5.61. The highest BCUT2D eigenvalue weighted by atomic mass is 32.2. The molecular formula is C21H24FN3O4S. The summed E-state index contributed by atoms with van der Waals surface area (Å²) in [6.07, 6.45) is 5.32. The van der Waals surface area contributed by atoms with Crippen molar-refractivity contribution in [1.29, 1.82) is 0 Å². The highest BCUT2D eigenvalue weighted by molar-refractivity contribution is 7.98. The van der Waals surface area contributed by atoms with Crippen LogP contribution in [0.5, 0.6) is 11.6 Å². The Morgan fingerprint density at radius 2 is 1.83 bits per heavy atom. The SMILES string of the molecule is COC(=O)NC1CCC(NC(=O)c2cc(F)cnc2Oc2cccc(SC)c2)CC1. The molecular weight excluding hydrogens is 409 g/mol. The number of amides is 2. The zero-order valence-corrected chi connectivity index (χ0v) is 17.6. The number of carbonyl (C=O) groups is 2. The number of nitrogens with one attached hydrogen (secondary N) is 2. The van der Waals surface area contributed by atoms with Crippen molar-refractivity contribution in [1.82, 2.24) is 15.6 Å². The Kier molecular flexibility index (Phi) is 7.51. The van der Waals surface area contributed by atoms with Gasteiger partial charge < -0.3 is 20.1 Å². The Labute approximate surface area is 178 Å². The maximum Gasteiger partial charge on any atom is 0.407 e. The molecule has 0 radical (unpaired) electrons. The molecule has 0 saturated heterocycles. The Morgan fingerprint density at radius 1 is 1.13 bits per heavy atom. The van der Waals surface area contributed by atoms with E-state index in [2.05, 4.69) is 20.4 Å². The molecule has 1 aromatic heterocycles. The minimum atomic E-state index is -0.614. The van der Waals surface area contributed by atoms with Crippen molar-refractivity contribution in [3.63, 3.8) is 0 Å². The van der Waals surface area contributed by atoms with Gasteiger partial charge in [-0.05, 0) is 56.2 Å². The molecule has 3 rings (SSSR count). The van der Waals surface area contributed by atoms with Crippen LogP contribution in [0.4, 0.5) is 9.18 Å². The van der Waals surface area contributed by atoms with E-state index in [9.17, 15) is 14.0 Å². The lowest BCUT2D eigenvalue weighted by Crippen LogP contribution is -2.43. The number of alkyl carbamates (subject to hydrolysis) is 1. The average molecular weight is 434 g/mol. The maximum atomic E-state index is 13.8. The predicted octanol–water partition coefficient (Wildman–Crippen LogP) is 4.13. The van der Waals surface area contributed by atoms with Crippen LogP contribution in [0.25, 0.3) is 0 Å². The summed E-state index contributed by atoms with van der Waals surface area (Å²) in [7, 11) is 1.32. The Morgan fingerprint density at radius 3 is 2.50 bits per heavy atom. The zero-order valence-electron chi connectivity index (χ0n) is 16.8. The molecule has 7 nitrogen and oxygen atoms in total. The first-order valence-corrected chi connectivity index (χ1v) is 10.8. The second-order valence-corrected chi connectivity index (χ2v) is 7.82. The molecule has 0 aliphatic heterocycles. The monoisotopic (exact) mass is 433 g/mol. The lowest BCUT2D eigenvalue weighted by molar-refractivity contribution is 0.0919. The molecule has 2 aromatic rings. The number of hydrogen-bond donors (Lipinski definition) is 2. The molecule has 0 unspecified atom stereocenters. The smallest absolute Gasteiger partial charge is 0.407 e. The first kappa shape index (κ1) is 21.9. The maximum absolute atomic E-state index is 13.8. The zero-order chi connectivity index (χ0) is 21.5. The van der Waals surface area contributed by atoms with Crippen molar-refractivity contribution >= 4 is 23.8 Å². The normalized spacial score (nSPS) is 18.4. The van der Waals surface area contributed by atoms with Crippen LogP contribution in [0.2, 0.25) is 0 Å². The van der Waals surface area contributed by atoms with E-state index in [0.29, 0.717) is 31.4 Å². The first-order chi connectivity index (χ1) is 14.5. The molecule has 1 heterocycles. The number of pyridine rings is 1. The molecule has 1 fully saturated rings. The molecule has 30 heavy (non-hydrogen) atoms. The van der Waals surface area contributed by atoms with Crippen molar-refractivity contribution in [3.05, 3.63) is 47.9 Å². The second-order valence-electron chi connectivity index (χ2n) is 6.95. The number of methoxy groups -OCH3 is 1. The number of nitrogens with zero attached hydrogens (tertiary/aromatic N) is 1. The number of carbonyl (C=O) groups excluding carboxylic acids is 2. The van der Waals surface area contributed by atoms with Gasteiger partial charge in [0.15, 0.2) is 0 Å². The van der Waals surface area contributed by atoms with E-state index in [1.54, 1.807) is 17.8 Å². The van der Waals surface area contributed by atoms with Gasteiger partial charge in [-0.2, -0.15) is 0 Å². The molecule has 0 spiro atoms. The lowest BCUT2D eigenvalue weighted by atomic mass is 9.91.